The molecule has 0 bridgehead atoms. The fourth-order valence-electron chi connectivity index (χ4n) is 4.07. The molecular weight excluding hydrogens is 134 g/mol. The second-order valence-corrected chi connectivity index (χ2v) is 5.01. The Morgan fingerprint density at radius 2 is 2.18 bits per heavy atom. The largest absolute Gasteiger partial charge is 0.299 e. The van der Waals surface area contributed by atoms with E-state index >= 15 is 0 Å². The number of piperidine rings is 1. The molecule has 4 atom stereocenters. The predicted octanol–water partition coefficient (Wildman–Crippen LogP) is 1.88. The van der Waals surface area contributed by atoms with Gasteiger partial charge in [-0.15, -0.1) is 0 Å². The van der Waals surface area contributed by atoms with Gasteiger partial charge < -0.3 is 0 Å². The van der Waals surface area contributed by atoms with Gasteiger partial charge in [-0.3, -0.25) is 4.90 Å². The zero-order valence-corrected chi connectivity index (χ0v) is 7.51. The molecular formula is C10H17N. The Bertz CT molecular complexity index is 201. The molecule has 4 unspecified atom stereocenters. The molecule has 3 aliphatic rings. The lowest BCUT2D eigenvalue weighted by atomic mass is 9.53. The molecule has 0 amide bonds. The number of hydrogen-bond acceptors (Lipinski definition) is 1. The summed E-state index contributed by atoms with van der Waals surface area (Å²) >= 11 is 0. The van der Waals surface area contributed by atoms with Crippen LogP contribution in [-0.2, 0) is 0 Å². The van der Waals surface area contributed by atoms with Crippen molar-refractivity contribution < 1.29 is 0 Å². The van der Waals surface area contributed by atoms with E-state index in [2.05, 4.69) is 18.9 Å². The van der Waals surface area contributed by atoms with Crippen LogP contribution in [0.15, 0.2) is 0 Å². The van der Waals surface area contributed by atoms with Gasteiger partial charge in [-0.2, -0.15) is 0 Å². The van der Waals surface area contributed by atoms with Crippen LogP contribution >= 0.6 is 0 Å². The minimum absolute atomic E-state index is 0.841. The van der Waals surface area contributed by atoms with Crippen molar-refractivity contribution in [2.75, 3.05) is 7.05 Å². The van der Waals surface area contributed by atoms with Gasteiger partial charge in [-0.25, -0.2) is 0 Å². The quantitative estimate of drug-likeness (QED) is 0.511. The van der Waals surface area contributed by atoms with Crippen molar-refractivity contribution in [3.05, 3.63) is 0 Å². The number of likely N-dealkylation sites (tertiary alicyclic amines) is 1. The maximum absolute atomic E-state index is 2.63. The summed E-state index contributed by atoms with van der Waals surface area (Å²) in [6, 6.07) is 1.98. The molecule has 62 valence electrons. The first-order valence-electron chi connectivity index (χ1n) is 4.96. The van der Waals surface area contributed by atoms with Gasteiger partial charge in [0.25, 0.3) is 0 Å². The Balaban J connectivity index is 1.90. The van der Waals surface area contributed by atoms with Crippen LogP contribution in [0.1, 0.15) is 32.6 Å². The Morgan fingerprint density at radius 1 is 1.36 bits per heavy atom. The summed E-state index contributed by atoms with van der Waals surface area (Å²) in [6.07, 6.45) is 6.04. The number of nitrogens with zero attached hydrogens (tertiary/aromatic N) is 1. The monoisotopic (exact) mass is 151 g/mol. The van der Waals surface area contributed by atoms with Crippen LogP contribution in [-0.4, -0.2) is 24.0 Å². The molecule has 1 heteroatoms. The minimum atomic E-state index is 0.841. The molecule has 1 saturated heterocycles. The van der Waals surface area contributed by atoms with Crippen molar-refractivity contribution in [3.63, 3.8) is 0 Å². The summed E-state index contributed by atoms with van der Waals surface area (Å²) in [5.41, 5.74) is 0.841. The van der Waals surface area contributed by atoms with E-state index in [1.54, 1.807) is 0 Å². The third kappa shape index (κ3) is 0.516. The Morgan fingerprint density at radius 3 is 2.73 bits per heavy atom. The van der Waals surface area contributed by atoms with Crippen LogP contribution in [0.25, 0.3) is 0 Å². The highest BCUT2D eigenvalue weighted by atomic mass is 15.3. The molecule has 2 saturated carbocycles. The van der Waals surface area contributed by atoms with E-state index in [9.17, 15) is 0 Å². The summed E-state index contributed by atoms with van der Waals surface area (Å²) < 4.78 is 0. The van der Waals surface area contributed by atoms with E-state index in [-0.39, 0.29) is 0 Å². The van der Waals surface area contributed by atoms with E-state index in [0.29, 0.717) is 0 Å². The van der Waals surface area contributed by atoms with Gasteiger partial charge in [0.05, 0.1) is 0 Å². The molecule has 0 radical (unpaired) electrons. The summed E-state index contributed by atoms with van der Waals surface area (Å²) in [5, 5.41) is 0. The lowest BCUT2D eigenvalue weighted by molar-refractivity contribution is -0.174. The second-order valence-electron chi connectivity index (χ2n) is 5.01. The normalized spacial score (nSPS) is 61.1. The maximum atomic E-state index is 2.63. The SMILES string of the molecule is CC1CC2N(C)C3CCC32C1. The first-order valence-corrected chi connectivity index (χ1v) is 4.96. The van der Waals surface area contributed by atoms with Crippen LogP contribution in [0.3, 0.4) is 0 Å². The number of hydrogen-bond donors (Lipinski definition) is 0. The van der Waals surface area contributed by atoms with Crippen molar-refractivity contribution in [2.45, 2.75) is 44.7 Å². The summed E-state index contributed by atoms with van der Waals surface area (Å²) in [6.45, 7) is 2.43. The van der Waals surface area contributed by atoms with E-state index in [1.165, 1.54) is 25.7 Å². The predicted molar refractivity (Wildman–Crippen MR) is 45.4 cm³/mol. The van der Waals surface area contributed by atoms with Gasteiger partial charge in [-0.05, 0) is 38.6 Å². The molecule has 1 nitrogen and oxygen atoms in total. The molecule has 0 aromatic carbocycles. The fourth-order valence-corrected chi connectivity index (χ4v) is 4.07. The Labute approximate surface area is 68.8 Å². The highest BCUT2D eigenvalue weighted by Crippen LogP contribution is 2.65. The standard InChI is InChI=1S/C10H17N/c1-7-5-9-10(6-7)4-3-8(10)11(9)2/h7-9H,3-6H2,1-2H3. The molecule has 0 aromatic rings. The highest BCUT2D eigenvalue weighted by Gasteiger charge is 2.66. The van der Waals surface area contributed by atoms with Gasteiger partial charge in [0, 0.05) is 17.5 Å². The van der Waals surface area contributed by atoms with Crippen LogP contribution in [0, 0.1) is 11.3 Å². The fraction of sp³-hybridized carbons (Fsp3) is 1.00. The average Bonchev–Trinajstić information content (AvgIpc) is 2.25. The molecule has 1 heterocycles. The summed E-state index contributed by atoms with van der Waals surface area (Å²) in [5.74, 6) is 1.01. The van der Waals surface area contributed by atoms with E-state index in [0.717, 1.165) is 23.4 Å². The van der Waals surface area contributed by atoms with Gasteiger partial charge >= 0.3 is 0 Å². The van der Waals surface area contributed by atoms with Crippen molar-refractivity contribution in [2.24, 2.45) is 11.3 Å². The first-order chi connectivity index (χ1) is 5.24. The minimum Gasteiger partial charge on any atom is -0.299 e. The van der Waals surface area contributed by atoms with Crippen LogP contribution < -0.4 is 0 Å². The van der Waals surface area contributed by atoms with Crippen molar-refractivity contribution >= 4 is 0 Å². The average molecular weight is 151 g/mol. The van der Waals surface area contributed by atoms with E-state index in [1.807, 2.05) is 0 Å². The topological polar surface area (TPSA) is 3.24 Å². The maximum Gasteiger partial charge on any atom is 0.0169 e. The molecule has 0 aromatic heterocycles. The van der Waals surface area contributed by atoms with E-state index in [4.69, 9.17) is 0 Å². The van der Waals surface area contributed by atoms with Gasteiger partial charge in [-0.1, -0.05) is 6.92 Å². The number of rotatable bonds is 0. The zero-order valence-electron chi connectivity index (χ0n) is 7.51. The zero-order chi connectivity index (χ0) is 7.64. The molecule has 3 rings (SSSR count). The van der Waals surface area contributed by atoms with Gasteiger partial charge in [0.15, 0.2) is 0 Å². The van der Waals surface area contributed by atoms with Crippen LogP contribution in [0.5, 0.6) is 0 Å². The highest BCUT2D eigenvalue weighted by molar-refractivity contribution is 5.20. The molecule has 1 aliphatic heterocycles. The smallest absolute Gasteiger partial charge is 0.0169 e. The molecule has 3 fully saturated rings. The van der Waals surface area contributed by atoms with Crippen molar-refractivity contribution in [1.82, 2.24) is 4.90 Å². The van der Waals surface area contributed by atoms with Gasteiger partial charge in [0.2, 0.25) is 0 Å². The molecule has 1 spiro atoms. The molecule has 11 heavy (non-hydrogen) atoms. The second kappa shape index (κ2) is 1.66. The third-order valence-electron chi connectivity index (χ3n) is 4.55. The van der Waals surface area contributed by atoms with Crippen molar-refractivity contribution in [3.8, 4) is 0 Å². The van der Waals surface area contributed by atoms with Crippen LogP contribution in [0.2, 0.25) is 0 Å². The Hall–Kier alpha value is -0.0400. The first kappa shape index (κ1) is 6.47. The lowest BCUT2D eigenvalue weighted by Crippen LogP contribution is -2.73. The van der Waals surface area contributed by atoms with E-state index < -0.39 is 0 Å². The van der Waals surface area contributed by atoms with Crippen molar-refractivity contribution in [1.29, 1.82) is 0 Å². The Kier molecular flexibility index (Phi) is 0.976. The van der Waals surface area contributed by atoms with Crippen LogP contribution in [0.4, 0.5) is 0 Å². The van der Waals surface area contributed by atoms with Gasteiger partial charge in [0.1, 0.15) is 0 Å². The summed E-state index contributed by atoms with van der Waals surface area (Å²) in [4.78, 5) is 2.63. The molecule has 2 aliphatic carbocycles. The lowest BCUT2D eigenvalue weighted by Gasteiger charge is -2.67. The summed E-state index contributed by atoms with van der Waals surface area (Å²) in [7, 11) is 2.32. The third-order valence-corrected chi connectivity index (χ3v) is 4.55. The molecule has 0 N–H and O–H groups in total.